The fourth-order valence-electron chi connectivity index (χ4n) is 2.92. The van der Waals surface area contributed by atoms with Gasteiger partial charge < -0.3 is 5.11 Å². The van der Waals surface area contributed by atoms with Crippen LogP contribution in [0.1, 0.15) is 57.1 Å². The van der Waals surface area contributed by atoms with E-state index in [1.54, 1.807) is 6.92 Å². The van der Waals surface area contributed by atoms with E-state index in [0.29, 0.717) is 5.41 Å². The predicted octanol–water partition coefficient (Wildman–Crippen LogP) is 3.89. The molecule has 1 saturated heterocycles. The first-order chi connectivity index (χ1) is 9.93. The highest BCUT2D eigenvalue weighted by Gasteiger charge is 2.28. The van der Waals surface area contributed by atoms with Gasteiger partial charge in [0, 0.05) is 6.54 Å². The minimum atomic E-state index is -0.766. The van der Waals surface area contributed by atoms with Crippen LogP contribution in [0.3, 0.4) is 0 Å². The molecule has 116 valence electrons. The van der Waals surface area contributed by atoms with Crippen molar-refractivity contribution in [3.8, 4) is 0 Å². The second kappa shape index (κ2) is 6.61. The van der Waals surface area contributed by atoms with Gasteiger partial charge in [0.2, 0.25) is 0 Å². The van der Waals surface area contributed by atoms with Gasteiger partial charge in [-0.25, -0.2) is 0 Å². The first-order valence-corrected chi connectivity index (χ1v) is 7.97. The Labute approximate surface area is 128 Å². The van der Waals surface area contributed by atoms with Gasteiger partial charge in [-0.15, -0.1) is 0 Å². The van der Waals surface area contributed by atoms with Crippen LogP contribution >= 0.6 is 0 Å². The lowest BCUT2D eigenvalue weighted by atomic mass is 9.78. The van der Waals surface area contributed by atoms with Gasteiger partial charge >= 0.3 is 5.97 Å². The molecule has 0 radical (unpaired) electrons. The van der Waals surface area contributed by atoms with Crippen LogP contribution in [0.5, 0.6) is 0 Å². The second-order valence-electron chi connectivity index (χ2n) is 6.74. The third kappa shape index (κ3) is 4.07. The van der Waals surface area contributed by atoms with E-state index >= 15 is 0 Å². The molecule has 0 aliphatic carbocycles. The first-order valence-electron chi connectivity index (χ1n) is 7.97. The Morgan fingerprint density at radius 3 is 2.33 bits per heavy atom. The summed E-state index contributed by atoms with van der Waals surface area (Å²) in [6.07, 6.45) is 3.82. The van der Waals surface area contributed by atoms with E-state index in [1.165, 1.54) is 24.8 Å². The van der Waals surface area contributed by atoms with Gasteiger partial charge in [0.1, 0.15) is 0 Å². The highest BCUT2D eigenvalue weighted by molar-refractivity contribution is 5.75. The summed E-state index contributed by atoms with van der Waals surface area (Å²) < 4.78 is 0. The van der Waals surface area contributed by atoms with Gasteiger partial charge in [0.15, 0.2) is 0 Å². The van der Waals surface area contributed by atoms with Crippen molar-refractivity contribution in [2.45, 2.75) is 52.5 Å². The Bertz CT molecular complexity index is 472. The maximum absolute atomic E-state index is 11.0. The Morgan fingerprint density at radius 2 is 1.86 bits per heavy atom. The molecule has 1 aliphatic heterocycles. The van der Waals surface area contributed by atoms with E-state index in [1.807, 2.05) is 12.1 Å². The zero-order chi connectivity index (χ0) is 15.5. The smallest absolute Gasteiger partial charge is 0.310 e. The number of hydrogen-bond acceptors (Lipinski definition) is 2. The third-order valence-corrected chi connectivity index (χ3v) is 5.17. The molecule has 3 heteroatoms. The highest BCUT2D eigenvalue weighted by Crippen LogP contribution is 2.34. The van der Waals surface area contributed by atoms with Crippen LogP contribution in [0.15, 0.2) is 24.3 Å². The average Bonchev–Trinajstić information content (AvgIpc) is 2.50. The molecule has 1 fully saturated rings. The van der Waals surface area contributed by atoms with Crippen molar-refractivity contribution in [2.24, 2.45) is 5.41 Å². The van der Waals surface area contributed by atoms with Gasteiger partial charge in [0.05, 0.1) is 5.92 Å². The second-order valence-corrected chi connectivity index (χ2v) is 6.74. The lowest BCUT2D eigenvalue weighted by molar-refractivity contribution is -0.138. The monoisotopic (exact) mass is 289 g/mol. The molecular formula is C18H27NO2. The fourth-order valence-corrected chi connectivity index (χ4v) is 2.92. The lowest BCUT2D eigenvalue weighted by Crippen LogP contribution is -2.37. The lowest BCUT2D eigenvalue weighted by Gasteiger charge is -2.39. The van der Waals surface area contributed by atoms with Crippen molar-refractivity contribution < 1.29 is 9.90 Å². The van der Waals surface area contributed by atoms with Gasteiger partial charge in [0.25, 0.3) is 0 Å². The average molecular weight is 289 g/mol. The van der Waals surface area contributed by atoms with E-state index in [4.69, 9.17) is 5.11 Å². The number of carbonyl (C=O) groups is 1. The van der Waals surface area contributed by atoms with Gasteiger partial charge in [-0.2, -0.15) is 0 Å². The van der Waals surface area contributed by atoms with E-state index in [9.17, 15) is 4.79 Å². The van der Waals surface area contributed by atoms with Crippen LogP contribution < -0.4 is 0 Å². The molecule has 0 spiro atoms. The molecule has 1 aromatic carbocycles. The van der Waals surface area contributed by atoms with E-state index in [2.05, 4.69) is 30.9 Å². The topological polar surface area (TPSA) is 40.5 Å². The Hall–Kier alpha value is -1.35. The summed E-state index contributed by atoms with van der Waals surface area (Å²) in [7, 11) is 0. The van der Waals surface area contributed by atoms with Crippen molar-refractivity contribution in [1.29, 1.82) is 0 Å². The van der Waals surface area contributed by atoms with E-state index in [-0.39, 0.29) is 0 Å². The molecule has 1 aliphatic rings. The van der Waals surface area contributed by atoms with Crippen LogP contribution in [-0.2, 0) is 11.3 Å². The quantitative estimate of drug-likeness (QED) is 0.894. The molecule has 0 saturated carbocycles. The summed E-state index contributed by atoms with van der Waals surface area (Å²) in [6.45, 7) is 9.72. The number of piperidine rings is 1. The van der Waals surface area contributed by atoms with Gasteiger partial charge in [-0.05, 0) is 49.4 Å². The van der Waals surface area contributed by atoms with Crippen LogP contribution in [0.2, 0.25) is 0 Å². The van der Waals surface area contributed by atoms with Gasteiger partial charge in [-0.3, -0.25) is 9.69 Å². The summed E-state index contributed by atoms with van der Waals surface area (Å²) in [4.78, 5) is 13.5. The van der Waals surface area contributed by atoms with Crippen molar-refractivity contribution in [1.82, 2.24) is 4.90 Å². The highest BCUT2D eigenvalue weighted by atomic mass is 16.4. The largest absolute Gasteiger partial charge is 0.481 e. The molecule has 0 amide bonds. The molecule has 1 unspecified atom stereocenters. The molecule has 1 N–H and O–H groups in total. The van der Waals surface area contributed by atoms with Crippen LogP contribution in [-0.4, -0.2) is 29.1 Å². The summed E-state index contributed by atoms with van der Waals surface area (Å²) in [5, 5.41) is 9.03. The maximum Gasteiger partial charge on any atom is 0.310 e. The molecule has 1 atom stereocenters. The first kappa shape index (κ1) is 16.0. The molecule has 0 aromatic heterocycles. The molecule has 2 rings (SSSR count). The maximum atomic E-state index is 11.0. The summed E-state index contributed by atoms with van der Waals surface area (Å²) in [5.41, 5.74) is 2.68. The Balaban J connectivity index is 1.91. The minimum absolute atomic E-state index is 0.431. The summed E-state index contributed by atoms with van der Waals surface area (Å²) in [5.74, 6) is -1.20. The van der Waals surface area contributed by atoms with Crippen LogP contribution in [0.25, 0.3) is 0 Å². The molecule has 1 heterocycles. The van der Waals surface area contributed by atoms with Crippen molar-refractivity contribution in [3.63, 3.8) is 0 Å². The van der Waals surface area contributed by atoms with Crippen molar-refractivity contribution in [3.05, 3.63) is 35.4 Å². The van der Waals surface area contributed by atoms with E-state index < -0.39 is 11.9 Å². The predicted molar refractivity (Wildman–Crippen MR) is 85.4 cm³/mol. The number of benzene rings is 1. The summed E-state index contributed by atoms with van der Waals surface area (Å²) >= 11 is 0. The number of carboxylic acids is 1. The number of carboxylic acid groups (broad SMARTS) is 1. The molecule has 0 bridgehead atoms. The summed E-state index contributed by atoms with van der Waals surface area (Å²) in [6, 6.07) is 8.05. The van der Waals surface area contributed by atoms with Crippen molar-refractivity contribution in [2.75, 3.05) is 13.1 Å². The number of hydrogen-bond donors (Lipinski definition) is 1. The zero-order valence-electron chi connectivity index (χ0n) is 13.4. The molecule has 1 aromatic rings. The number of rotatable bonds is 5. The minimum Gasteiger partial charge on any atom is -0.481 e. The third-order valence-electron chi connectivity index (χ3n) is 5.17. The van der Waals surface area contributed by atoms with Crippen LogP contribution in [0.4, 0.5) is 0 Å². The fraction of sp³-hybridized carbons (Fsp3) is 0.611. The van der Waals surface area contributed by atoms with Crippen LogP contribution in [0, 0.1) is 5.41 Å². The van der Waals surface area contributed by atoms with E-state index in [0.717, 1.165) is 25.2 Å². The SMILES string of the molecule is CCC1(C)CCN(Cc2ccc(C(C)C(=O)O)cc2)CC1. The molecular weight excluding hydrogens is 262 g/mol. The number of aliphatic carboxylic acids is 1. The van der Waals surface area contributed by atoms with Gasteiger partial charge in [-0.1, -0.05) is 44.5 Å². The molecule has 21 heavy (non-hydrogen) atoms. The standard InChI is InChI=1S/C18H27NO2/c1-4-18(3)9-11-19(12-10-18)13-15-5-7-16(8-6-15)14(2)17(20)21/h5-8,14H,4,9-13H2,1-3H3,(H,20,21). The Morgan fingerprint density at radius 1 is 1.29 bits per heavy atom. The molecule has 3 nitrogen and oxygen atoms in total. The number of nitrogens with zero attached hydrogens (tertiary/aromatic N) is 1. The zero-order valence-corrected chi connectivity index (χ0v) is 13.4. The normalized spacial score (nSPS) is 20.1. The van der Waals surface area contributed by atoms with Crippen molar-refractivity contribution >= 4 is 5.97 Å². The Kier molecular flexibility index (Phi) is 5.04. The number of likely N-dealkylation sites (tertiary alicyclic amines) is 1.